The Hall–Kier alpha value is -0.450. The number of aromatic nitrogens is 1. The second kappa shape index (κ2) is 4.87. The molecular formula is C10H16N2OS. The molecular weight excluding hydrogens is 196 g/mol. The average molecular weight is 212 g/mol. The van der Waals surface area contributed by atoms with Gasteiger partial charge in [-0.2, -0.15) is 0 Å². The molecule has 14 heavy (non-hydrogen) atoms. The minimum Gasteiger partial charge on any atom is -0.396 e. The Morgan fingerprint density at radius 3 is 3.07 bits per heavy atom. The van der Waals surface area contributed by atoms with Crippen molar-refractivity contribution in [1.82, 2.24) is 10.3 Å². The average Bonchev–Trinajstić information content (AvgIpc) is 2.90. The quantitative estimate of drug-likeness (QED) is 0.749. The van der Waals surface area contributed by atoms with Crippen molar-refractivity contribution >= 4 is 11.3 Å². The molecule has 0 spiro atoms. The van der Waals surface area contributed by atoms with Gasteiger partial charge in [0.1, 0.15) is 0 Å². The van der Waals surface area contributed by atoms with E-state index in [1.54, 1.807) is 11.3 Å². The third-order valence-electron chi connectivity index (χ3n) is 2.65. The highest BCUT2D eigenvalue weighted by Gasteiger charge is 2.30. The molecule has 1 fully saturated rings. The number of hydrogen-bond donors (Lipinski definition) is 2. The van der Waals surface area contributed by atoms with Gasteiger partial charge in [0.05, 0.1) is 5.51 Å². The van der Waals surface area contributed by atoms with Gasteiger partial charge in [0, 0.05) is 30.3 Å². The van der Waals surface area contributed by atoms with Crippen LogP contribution in [-0.2, 0) is 6.54 Å². The van der Waals surface area contributed by atoms with Crippen LogP contribution in [0.1, 0.15) is 24.1 Å². The van der Waals surface area contributed by atoms with E-state index in [1.165, 1.54) is 17.7 Å². The summed E-state index contributed by atoms with van der Waals surface area (Å²) in [6.45, 7) is 1.18. The molecule has 1 heterocycles. The minimum atomic E-state index is 0.289. The third-order valence-corrected chi connectivity index (χ3v) is 3.43. The first-order valence-corrected chi connectivity index (χ1v) is 5.99. The highest BCUT2D eigenvalue weighted by Crippen LogP contribution is 2.34. The molecule has 2 N–H and O–H groups in total. The second-order valence-electron chi connectivity index (χ2n) is 3.80. The van der Waals surface area contributed by atoms with Crippen LogP contribution in [0.5, 0.6) is 0 Å². The summed E-state index contributed by atoms with van der Waals surface area (Å²) in [6.07, 6.45) is 5.42. The van der Waals surface area contributed by atoms with Gasteiger partial charge in [-0.25, -0.2) is 0 Å². The third kappa shape index (κ3) is 2.77. The number of thiazole rings is 1. The van der Waals surface area contributed by atoms with Gasteiger partial charge in [-0.1, -0.05) is 0 Å². The van der Waals surface area contributed by atoms with Crippen molar-refractivity contribution in [3.05, 3.63) is 16.6 Å². The summed E-state index contributed by atoms with van der Waals surface area (Å²) in [5.41, 5.74) is 1.86. The zero-order chi connectivity index (χ0) is 9.80. The van der Waals surface area contributed by atoms with Crippen LogP contribution < -0.4 is 5.32 Å². The zero-order valence-electron chi connectivity index (χ0n) is 8.15. The van der Waals surface area contributed by atoms with E-state index in [1.807, 2.05) is 11.7 Å². The van der Waals surface area contributed by atoms with Gasteiger partial charge in [0.2, 0.25) is 0 Å². The Kier molecular flexibility index (Phi) is 3.50. The largest absolute Gasteiger partial charge is 0.396 e. The van der Waals surface area contributed by atoms with Crippen molar-refractivity contribution in [1.29, 1.82) is 0 Å². The van der Waals surface area contributed by atoms with Crippen LogP contribution in [0.3, 0.4) is 0 Å². The summed E-state index contributed by atoms with van der Waals surface area (Å²) in [5, 5.41) is 12.4. The van der Waals surface area contributed by atoms with Crippen LogP contribution in [-0.4, -0.2) is 22.7 Å². The van der Waals surface area contributed by atoms with Gasteiger partial charge in [-0.15, -0.1) is 11.3 Å². The molecule has 1 aliphatic carbocycles. The smallest absolute Gasteiger partial charge is 0.0794 e. The van der Waals surface area contributed by atoms with Crippen LogP contribution in [0.15, 0.2) is 11.7 Å². The van der Waals surface area contributed by atoms with E-state index in [4.69, 9.17) is 5.11 Å². The molecule has 1 aromatic rings. The molecule has 1 aliphatic rings. The topological polar surface area (TPSA) is 45.1 Å². The maximum absolute atomic E-state index is 8.92. The summed E-state index contributed by atoms with van der Waals surface area (Å²) in [7, 11) is 0. The van der Waals surface area contributed by atoms with E-state index in [2.05, 4.69) is 10.3 Å². The zero-order valence-corrected chi connectivity index (χ0v) is 8.96. The molecule has 4 heteroatoms. The van der Waals surface area contributed by atoms with Crippen molar-refractivity contribution in [2.45, 2.75) is 31.8 Å². The van der Waals surface area contributed by atoms with Crippen LogP contribution in [0.2, 0.25) is 0 Å². The summed E-state index contributed by atoms with van der Waals surface area (Å²) in [6, 6.07) is 0.502. The van der Waals surface area contributed by atoms with Gasteiger partial charge in [-0.3, -0.25) is 4.98 Å². The molecule has 1 unspecified atom stereocenters. The number of nitrogens with zero attached hydrogens (tertiary/aromatic N) is 1. The summed E-state index contributed by atoms with van der Waals surface area (Å²) in [5.74, 6) is 0.801. The lowest BCUT2D eigenvalue weighted by molar-refractivity contribution is 0.256. The number of nitrogens with one attached hydrogen (secondary N) is 1. The first-order chi connectivity index (χ1) is 6.90. The molecule has 2 rings (SSSR count). The fraction of sp³-hybridized carbons (Fsp3) is 0.700. The second-order valence-corrected chi connectivity index (χ2v) is 4.78. The fourth-order valence-corrected chi connectivity index (χ4v) is 2.25. The first kappa shape index (κ1) is 10.1. The number of aliphatic hydroxyl groups is 1. The van der Waals surface area contributed by atoms with Crippen molar-refractivity contribution in [3.8, 4) is 0 Å². The fourth-order valence-electron chi connectivity index (χ4n) is 1.70. The monoisotopic (exact) mass is 212 g/mol. The molecule has 0 saturated heterocycles. The van der Waals surface area contributed by atoms with Gasteiger partial charge in [-0.05, 0) is 25.2 Å². The van der Waals surface area contributed by atoms with Crippen molar-refractivity contribution in [3.63, 3.8) is 0 Å². The summed E-state index contributed by atoms with van der Waals surface area (Å²) >= 11 is 1.68. The van der Waals surface area contributed by atoms with Crippen LogP contribution >= 0.6 is 11.3 Å². The SMILES string of the molecule is OCCC(NCc1cncs1)C1CC1. The van der Waals surface area contributed by atoms with Crippen molar-refractivity contribution < 1.29 is 5.11 Å². The van der Waals surface area contributed by atoms with Gasteiger partial charge in [0.25, 0.3) is 0 Å². The van der Waals surface area contributed by atoms with E-state index in [0.717, 1.165) is 18.9 Å². The Bertz CT molecular complexity index is 259. The first-order valence-electron chi connectivity index (χ1n) is 5.11. The molecule has 0 aromatic carbocycles. The van der Waals surface area contributed by atoms with Crippen LogP contribution in [0.4, 0.5) is 0 Å². The molecule has 1 saturated carbocycles. The van der Waals surface area contributed by atoms with Crippen molar-refractivity contribution in [2.24, 2.45) is 5.92 Å². The predicted octanol–water partition coefficient (Wildman–Crippen LogP) is 1.39. The summed E-state index contributed by atoms with van der Waals surface area (Å²) < 4.78 is 0. The Balaban J connectivity index is 1.76. The highest BCUT2D eigenvalue weighted by molar-refractivity contribution is 7.09. The van der Waals surface area contributed by atoms with E-state index < -0.39 is 0 Å². The van der Waals surface area contributed by atoms with Gasteiger partial charge < -0.3 is 10.4 Å². The predicted molar refractivity (Wildman–Crippen MR) is 57.2 cm³/mol. The Labute approximate surface area is 88.2 Å². The number of hydrogen-bond acceptors (Lipinski definition) is 4. The van der Waals surface area contributed by atoms with E-state index in [-0.39, 0.29) is 6.61 Å². The minimum absolute atomic E-state index is 0.289. The normalized spacial score (nSPS) is 18.4. The Morgan fingerprint density at radius 1 is 1.64 bits per heavy atom. The number of aliphatic hydroxyl groups excluding tert-OH is 1. The van der Waals surface area contributed by atoms with Crippen LogP contribution in [0, 0.1) is 5.92 Å². The highest BCUT2D eigenvalue weighted by atomic mass is 32.1. The van der Waals surface area contributed by atoms with Gasteiger partial charge >= 0.3 is 0 Å². The standard InChI is InChI=1S/C10H16N2OS/c13-4-3-10(8-1-2-8)12-6-9-5-11-7-14-9/h5,7-8,10,12-13H,1-4,6H2. The molecule has 3 nitrogen and oxygen atoms in total. The molecule has 0 bridgehead atoms. The van der Waals surface area contributed by atoms with E-state index in [0.29, 0.717) is 6.04 Å². The lowest BCUT2D eigenvalue weighted by Crippen LogP contribution is -2.31. The van der Waals surface area contributed by atoms with E-state index in [9.17, 15) is 0 Å². The lowest BCUT2D eigenvalue weighted by Gasteiger charge is -2.16. The molecule has 0 radical (unpaired) electrons. The van der Waals surface area contributed by atoms with Crippen LogP contribution in [0.25, 0.3) is 0 Å². The summed E-state index contributed by atoms with van der Waals surface area (Å²) in [4.78, 5) is 5.31. The maximum atomic E-state index is 8.92. The molecule has 1 aromatic heterocycles. The molecule has 78 valence electrons. The van der Waals surface area contributed by atoms with E-state index >= 15 is 0 Å². The molecule has 0 amide bonds. The molecule has 0 aliphatic heterocycles. The lowest BCUT2D eigenvalue weighted by atomic mass is 10.1. The number of rotatable bonds is 6. The Morgan fingerprint density at radius 2 is 2.50 bits per heavy atom. The van der Waals surface area contributed by atoms with Crippen molar-refractivity contribution in [2.75, 3.05) is 6.61 Å². The maximum Gasteiger partial charge on any atom is 0.0794 e. The van der Waals surface area contributed by atoms with Gasteiger partial charge in [0.15, 0.2) is 0 Å². The molecule has 1 atom stereocenters.